The van der Waals surface area contributed by atoms with Gasteiger partial charge in [-0.05, 0) is 30.4 Å². The number of anilines is 2. The molecule has 0 bridgehead atoms. The standard InChI is InChI=1S/C17H21N3O2/c1-18-14-5-3-4-12-6-9-19-16(15(12)14)20-10-7-13(8-11-20)17(21)22-2/h3-6,9,13,18H,7-8,10-11H2,1-2H3. The number of rotatable bonds is 3. The van der Waals surface area contributed by atoms with E-state index in [9.17, 15) is 4.79 Å². The van der Waals surface area contributed by atoms with E-state index in [-0.39, 0.29) is 11.9 Å². The largest absolute Gasteiger partial charge is 0.469 e. The molecule has 0 aliphatic carbocycles. The summed E-state index contributed by atoms with van der Waals surface area (Å²) in [5.41, 5.74) is 1.08. The second-order valence-electron chi connectivity index (χ2n) is 5.57. The van der Waals surface area contributed by atoms with Gasteiger partial charge in [-0.3, -0.25) is 4.79 Å². The first-order valence-corrected chi connectivity index (χ1v) is 7.63. The number of methoxy groups -OCH3 is 1. The first-order valence-electron chi connectivity index (χ1n) is 7.63. The van der Waals surface area contributed by atoms with Crippen molar-refractivity contribution in [1.82, 2.24) is 4.98 Å². The van der Waals surface area contributed by atoms with Gasteiger partial charge in [-0.1, -0.05) is 12.1 Å². The van der Waals surface area contributed by atoms with Gasteiger partial charge < -0.3 is 15.0 Å². The van der Waals surface area contributed by atoms with Crippen molar-refractivity contribution in [2.24, 2.45) is 5.92 Å². The molecule has 5 nitrogen and oxygen atoms in total. The molecule has 0 unspecified atom stereocenters. The molecule has 1 aliphatic heterocycles. The highest BCUT2D eigenvalue weighted by molar-refractivity contribution is 6.01. The van der Waals surface area contributed by atoms with Crippen LogP contribution in [-0.2, 0) is 9.53 Å². The molecule has 0 amide bonds. The van der Waals surface area contributed by atoms with Crippen LogP contribution in [-0.4, -0.2) is 38.2 Å². The van der Waals surface area contributed by atoms with Gasteiger partial charge in [-0.2, -0.15) is 0 Å². The molecule has 0 saturated carbocycles. The van der Waals surface area contributed by atoms with E-state index in [1.165, 1.54) is 12.5 Å². The van der Waals surface area contributed by atoms with Crippen LogP contribution in [0.3, 0.4) is 0 Å². The van der Waals surface area contributed by atoms with Crippen molar-refractivity contribution >= 4 is 28.2 Å². The highest BCUT2D eigenvalue weighted by Crippen LogP contribution is 2.33. The van der Waals surface area contributed by atoms with E-state index in [1.807, 2.05) is 25.4 Å². The normalized spacial score (nSPS) is 15.8. The Labute approximate surface area is 130 Å². The van der Waals surface area contributed by atoms with Crippen LogP contribution in [0.15, 0.2) is 30.5 Å². The monoisotopic (exact) mass is 299 g/mol. The second kappa shape index (κ2) is 6.22. The predicted molar refractivity (Wildman–Crippen MR) is 88.2 cm³/mol. The molecular formula is C17H21N3O2. The van der Waals surface area contributed by atoms with Gasteiger partial charge in [0.1, 0.15) is 5.82 Å². The Morgan fingerprint density at radius 1 is 1.32 bits per heavy atom. The van der Waals surface area contributed by atoms with Crippen LogP contribution in [0.4, 0.5) is 11.5 Å². The number of ether oxygens (including phenoxy) is 1. The Morgan fingerprint density at radius 2 is 2.09 bits per heavy atom. The van der Waals surface area contributed by atoms with E-state index in [0.29, 0.717) is 0 Å². The quantitative estimate of drug-likeness (QED) is 0.883. The maximum atomic E-state index is 11.7. The molecule has 0 spiro atoms. The predicted octanol–water partition coefficient (Wildman–Crippen LogP) is 2.67. The van der Waals surface area contributed by atoms with Gasteiger partial charge in [0.2, 0.25) is 0 Å². The van der Waals surface area contributed by atoms with Crippen molar-refractivity contribution in [3.63, 3.8) is 0 Å². The van der Waals surface area contributed by atoms with Crippen molar-refractivity contribution < 1.29 is 9.53 Å². The third-order valence-corrected chi connectivity index (χ3v) is 4.37. The van der Waals surface area contributed by atoms with Crippen molar-refractivity contribution in [2.75, 3.05) is 37.5 Å². The van der Waals surface area contributed by atoms with Gasteiger partial charge in [-0.15, -0.1) is 0 Å². The van der Waals surface area contributed by atoms with Crippen LogP contribution in [0, 0.1) is 5.92 Å². The lowest BCUT2D eigenvalue weighted by molar-refractivity contribution is -0.146. The summed E-state index contributed by atoms with van der Waals surface area (Å²) in [6.45, 7) is 1.65. The van der Waals surface area contributed by atoms with Crippen LogP contribution in [0.5, 0.6) is 0 Å². The van der Waals surface area contributed by atoms with E-state index in [4.69, 9.17) is 4.74 Å². The number of esters is 1. The van der Waals surface area contributed by atoms with E-state index >= 15 is 0 Å². The molecule has 1 saturated heterocycles. The van der Waals surface area contributed by atoms with Crippen LogP contribution >= 0.6 is 0 Å². The summed E-state index contributed by atoms with van der Waals surface area (Å²) in [4.78, 5) is 18.5. The molecule has 0 radical (unpaired) electrons. The van der Waals surface area contributed by atoms with Gasteiger partial charge in [0.15, 0.2) is 0 Å². The fourth-order valence-electron chi connectivity index (χ4n) is 3.15. The number of benzene rings is 1. The fraction of sp³-hybridized carbons (Fsp3) is 0.412. The summed E-state index contributed by atoms with van der Waals surface area (Å²) in [6, 6.07) is 8.24. The maximum Gasteiger partial charge on any atom is 0.308 e. The molecule has 2 heterocycles. The minimum atomic E-state index is -0.0959. The van der Waals surface area contributed by atoms with Crippen LogP contribution in [0.1, 0.15) is 12.8 Å². The Hall–Kier alpha value is -2.30. The fourth-order valence-corrected chi connectivity index (χ4v) is 3.15. The smallest absolute Gasteiger partial charge is 0.308 e. The number of hydrogen-bond donors (Lipinski definition) is 1. The first kappa shape index (κ1) is 14.6. The average molecular weight is 299 g/mol. The molecule has 116 valence electrons. The van der Waals surface area contributed by atoms with Gasteiger partial charge in [0.25, 0.3) is 0 Å². The molecule has 1 N–H and O–H groups in total. The number of pyridine rings is 1. The molecule has 1 aliphatic rings. The van der Waals surface area contributed by atoms with Crippen LogP contribution in [0.25, 0.3) is 10.8 Å². The lowest BCUT2D eigenvalue weighted by Gasteiger charge is -2.32. The van der Waals surface area contributed by atoms with E-state index < -0.39 is 0 Å². The summed E-state index contributed by atoms with van der Waals surface area (Å²) < 4.78 is 4.85. The molecule has 1 aromatic heterocycles. The lowest BCUT2D eigenvalue weighted by atomic mass is 9.96. The number of nitrogens with zero attached hydrogens (tertiary/aromatic N) is 2. The second-order valence-corrected chi connectivity index (χ2v) is 5.57. The average Bonchev–Trinajstić information content (AvgIpc) is 2.60. The molecular weight excluding hydrogens is 278 g/mol. The third kappa shape index (κ3) is 2.58. The number of nitrogens with one attached hydrogen (secondary N) is 1. The first-order chi connectivity index (χ1) is 10.7. The molecule has 0 atom stereocenters. The molecule has 22 heavy (non-hydrogen) atoms. The number of carbonyl (C=O) groups is 1. The van der Waals surface area contributed by atoms with E-state index in [2.05, 4.69) is 27.3 Å². The molecule has 5 heteroatoms. The highest BCUT2D eigenvalue weighted by atomic mass is 16.5. The van der Waals surface area contributed by atoms with E-state index in [1.54, 1.807) is 0 Å². The summed E-state index contributed by atoms with van der Waals surface area (Å²) in [6.07, 6.45) is 3.47. The summed E-state index contributed by atoms with van der Waals surface area (Å²) in [7, 11) is 3.38. The van der Waals surface area contributed by atoms with Crippen LogP contribution < -0.4 is 10.2 Å². The van der Waals surface area contributed by atoms with Gasteiger partial charge in [0.05, 0.1) is 13.0 Å². The maximum absolute atomic E-state index is 11.7. The topological polar surface area (TPSA) is 54.5 Å². The minimum Gasteiger partial charge on any atom is -0.469 e. The van der Waals surface area contributed by atoms with Crippen molar-refractivity contribution in [1.29, 1.82) is 0 Å². The zero-order valence-electron chi connectivity index (χ0n) is 13.0. The van der Waals surface area contributed by atoms with Gasteiger partial charge >= 0.3 is 5.97 Å². The zero-order valence-corrected chi connectivity index (χ0v) is 13.0. The highest BCUT2D eigenvalue weighted by Gasteiger charge is 2.27. The SMILES string of the molecule is CNc1cccc2ccnc(N3CCC(C(=O)OC)CC3)c12. The number of piperidine rings is 1. The lowest BCUT2D eigenvalue weighted by Crippen LogP contribution is -2.37. The van der Waals surface area contributed by atoms with Gasteiger partial charge in [-0.25, -0.2) is 4.98 Å². The number of aromatic nitrogens is 1. The number of fused-ring (bicyclic) bond motifs is 1. The Bertz CT molecular complexity index is 673. The third-order valence-electron chi connectivity index (χ3n) is 4.37. The zero-order chi connectivity index (χ0) is 15.5. The van der Waals surface area contributed by atoms with E-state index in [0.717, 1.165) is 42.8 Å². The molecule has 3 rings (SSSR count). The summed E-state index contributed by atoms with van der Waals surface area (Å²) >= 11 is 0. The number of carbonyl (C=O) groups excluding carboxylic acids is 1. The van der Waals surface area contributed by atoms with Crippen molar-refractivity contribution in [2.45, 2.75) is 12.8 Å². The number of hydrogen-bond acceptors (Lipinski definition) is 5. The minimum absolute atomic E-state index is 0.0139. The van der Waals surface area contributed by atoms with Crippen molar-refractivity contribution in [3.05, 3.63) is 30.5 Å². The van der Waals surface area contributed by atoms with Crippen molar-refractivity contribution in [3.8, 4) is 0 Å². The Kier molecular flexibility index (Phi) is 4.13. The molecule has 1 fully saturated rings. The summed E-state index contributed by atoms with van der Waals surface area (Å²) in [5, 5.41) is 5.56. The molecule has 1 aromatic carbocycles. The molecule has 2 aromatic rings. The van der Waals surface area contributed by atoms with Crippen LogP contribution in [0.2, 0.25) is 0 Å². The Balaban J connectivity index is 1.90. The van der Waals surface area contributed by atoms with Gasteiger partial charge in [0, 0.05) is 37.4 Å². The Morgan fingerprint density at radius 3 is 2.77 bits per heavy atom. The summed E-state index contributed by atoms with van der Waals surface area (Å²) in [5.74, 6) is 0.909.